The third kappa shape index (κ3) is 3.93. The summed E-state index contributed by atoms with van der Waals surface area (Å²) in [5.41, 5.74) is 1.55. The summed E-state index contributed by atoms with van der Waals surface area (Å²) < 4.78 is 0. The molecule has 9 heteroatoms. The summed E-state index contributed by atoms with van der Waals surface area (Å²) in [6.07, 6.45) is 3.67. The van der Waals surface area contributed by atoms with E-state index in [2.05, 4.69) is 20.3 Å². The van der Waals surface area contributed by atoms with Crippen LogP contribution in [0.2, 0.25) is 0 Å². The lowest BCUT2D eigenvalue weighted by Crippen LogP contribution is -2.60. The Morgan fingerprint density at radius 2 is 2.33 bits per heavy atom. The molecule has 2 atom stereocenters. The number of β-amino-alcohol motifs (C(OH)–C–C–N with tert-alkyl or cyclic N) is 1. The van der Waals surface area contributed by atoms with Gasteiger partial charge >= 0.3 is 0 Å². The van der Waals surface area contributed by atoms with E-state index < -0.39 is 17.6 Å². The lowest BCUT2D eigenvalue weighted by molar-refractivity contribution is -0.117. The molecule has 1 aliphatic heterocycles. The molecule has 0 unspecified atom stereocenters. The first kappa shape index (κ1) is 16.9. The quantitative estimate of drug-likeness (QED) is 0.677. The Bertz CT molecular complexity index is 669. The van der Waals surface area contributed by atoms with Crippen LogP contribution in [0.3, 0.4) is 0 Å². The highest BCUT2D eigenvalue weighted by molar-refractivity contribution is 7.07. The maximum absolute atomic E-state index is 12.0. The van der Waals surface area contributed by atoms with Crippen molar-refractivity contribution >= 4 is 17.2 Å². The fourth-order valence-electron chi connectivity index (χ4n) is 2.66. The Morgan fingerprint density at radius 3 is 3.00 bits per heavy atom. The van der Waals surface area contributed by atoms with Crippen LogP contribution < -0.4 is 5.32 Å². The summed E-state index contributed by atoms with van der Waals surface area (Å²) >= 11 is 1.53. The van der Waals surface area contributed by atoms with Crippen LogP contribution in [-0.2, 0) is 6.54 Å². The van der Waals surface area contributed by atoms with Crippen molar-refractivity contribution in [1.29, 1.82) is 0 Å². The Balaban J connectivity index is 1.53. The molecule has 24 heavy (non-hydrogen) atoms. The van der Waals surface area contributed by atoms with Crippen molar-refractivity contribution in [3.8, 4) is 0 Å². The smallest absolute Gasteiger partial charge is 0.271 e. The molecule has 2 aromatic rings. The van der Waals surface area contributed by atoms with Crippen LogP contribution in [0.4, 0.5) is 0 Å². The molecular formula is C15H19N5O3S. The monoisotopic (exact) mass is 349 g/mol. The number of hydrogen-bond donors (Lipinski definition) is 3. The number of carbonyl (C=O) groups excluding carboxylic acids is 1. The van der Waals surface area contributed by atoms with E-state index in [1.165, 1.54) is 29.9 Å². The lowest BCUT2D eigenvalue weighted by Gasteiger charge is -2.41. The number of piperidine rings is 1. The summed E-state index contributed by atoms with van der Waals surface area (Å²) in [4.78, 5) is 26.0. The molecule has 3 N–H and O–H groups in total. The number of aliphatic hydroxyl groups is 2. The first-order valence-electron chi connectivity index (χ1n) is 7.61. The average Bonchev–Trinajstić information content (AvgIpc) is 3.10. The van der Waals surface area contributed by atoms with E-state index in [-0.39, 0.29) is 12.2 Å². The van der Waals surface area contributed by atoms with Crippen molar-refractivity contribution in [3.63, 3.8) is 0 Å². The summed E-state index contributed by atoms with van der Waals surface area (Å²) in [7, 11) is 0. The van der Waals surface area contributed by atoms with Crippen molar-refractivity contribution in [3.05, 3.63) is 40.9 Å². The molecule has 2 aromatic heterocycles. The van der Waals surface area contributed by atoms with Gasteiger partial charge in [-0.1, -0.05) is 0 Å². The fourth-order valence-corrected chi connectivity index (χ4v) is 3.21. The molecule has 0 saturated carbocycles. The van der Waals surface area contributed by atoms with Crippen molar-refractivity contribution in [2.75, 3.05) is 19.6 Å². The molecule has 1 aliphatic rings. The zero-order valence-corrected chi connectivity index (χ0v) is 13.8. The second kappa shape index (κ2) is 7.31. The van der Waals surface area contributed by atoms with E-state index in [1.807, 2.05) is 10.3 Å². The number of aliphatic hydroxyl groups excluding tert-OH is 1. The van der Waals surface area contributed by atoms with Gasteiger partial charge in [0.2, 0.25) is 0 Å². The van der Waals surface area contributed by atoms with E-state index in [0.29, 0.717) is 26.1 Å². The van der Waals surface area contributed by atoms with Gasteiger partial charge in [0, 0.05) is 44.0 Å². The molecule has 0 radical (unpaired) electrons. The standard InChI is InChI=1S/C15H19N5O3S/c21-13-7-20(6-11-8-24-10-19-11)4-1-15(13,23)9-18-14(22)12-5-16-2-3-17-12/h2-3,5,8,10,13,21,23H,1,4,6-7,9H2,(H,18,22)/t13-,15-/m1/s1. The minimum Gasteiger partial charge on any atom is -0.389 e. The third-order valence-corrected chi connectivity index (χ3v) is 4.77. The van der Waals surface area contributed by atoms with E-state index in [4.69, 9.17) is 0 Å². The number of thiazole rings is 1. The highest BCUT2D eigenvalue weighted by atomic mass is 32.1. The van der Waals surface area contributed by atoms with Gasteiger partial charge in [0.15, 0.2) is 0 Å². The van der Waals surface area contributed by atoms with Crippen molar-refractivity contribution < 1.29 is 15.0 Å². The lowest BCUT2D eigenvalue weighted by atomic mass is 9.88. The first-order valence-corrected chi connectivity index (χ1v) is 8.55. The normalized spacial score (nSPS) is 24.7. The maximum Gasteiger partial charge on any atom is 0.271 e. The second-order valence-electron chi connectivity index (χ2n) is 5.86. The summed E-state index contributed by atoms with van der Waals surface area (Å²) in [5, 5.41) is 25.5. The van der Waals surface area contributed by atoms with E-state index >= 15 is 0 Å². The highest BCUT2D eigenvalue weighted by Crippen LogP contribution is 2.23. The number of carbonyl (C=O) groups is 1. The Kier molecular flexibility index (Phi) is 5.14. The minimum atomic E-state index is -1.35. The van der Waals surface area contributed by atoms with Crippen molar-refractivity contribution in [1.82, 2.24) is 25.2 Å². The predicted molar refractivity (Wildman–Crippen MR) is 87.3 cm³/mol. The molecule has 0 bridgehead atoms. The number of nitrogens with one attached hydrogen (secondary N) is 1. The van der Waals surface area contributed by atoms with Crippen LogP contribution in [0.5, 0.6) is 0 Å². The molecular weight excluding hydrogens is 330 g/mol. The number of aromatic nitrogens is 3. The minimum absolute atomic E-state index is 0.0336. The molecule has 1 fully saturated rings. The summed E-state index contributed by atoms with van der Waals surface area (Å²) in [5.74, 6) is -0.423. The van der Waals surface area contributed by atoms with Crippen LogP contribution in [0.1, 0.15) is 22.6 Å². The van der Waals surface area contributed by atoms with Crippen molar-refractivity contribution in [2.24, 2.45) is 0 Å². The van der Waals surface area contributed by atoms with E-state index in [9.17, 15) is 15.0 Å². The third-order valence-electron chi connectivity index (χ3n) is 4.13. The van der Waals surface area contributed by atoms with Gasteiger partial charge in [0.05, 0.1) is 23.5 Å². The topological polar surface area (TPSA) is 111 Å². The largest absolute Gasteiger partial charge is 0.389 e. The molecule has 8 nitrogen and oxygen atoms in total. The number of nitrogens with zero attached hydrogens (tertiary/aromatic N) is 4. The molecule has 1 amide bonds. The zero-order valence-electron chi connectivity index (χ0n) is 13.0. The van der Waals surface area contributed by atoms with Gasteiger partial charge in [-0.05, 0) is 6.42 Å². The molecule has 128 valence electrons. The van der Waals surface area contributed by atoms with Crippen LogP contribution >= 0.6 is 11.3 Å². The molecule has 3 heterocycles. The predicted octanol–water partition coefficient (Wildman–Crippen LogP) is -0.339. The van der Waals surface area contributed by atoms with Gasteiger partial charge in [-0.15, -0.1) is 11.3 Å². The fraction of sp³-hybridized carbons (Fsp3) is 0.467. The number of amides is 1. The first-order chi connectivity index (χ1) is 11.6. The Labute approximate surface area is 143 Å². The van der Waals surface area contributed by atoms with Crippen molar-refractivity contribution in [2.45, 2.75) is 24.7 Å². The van der Waals surface area contributed by atoms with Gasteiger partial charge in [0.25, 0.3) is 5.91 Å². The Hall–Kier alpha value is -1.94. The molecule has 0 aromatic carbocycles. The summed E-state index contributed by atoms with van der Waals surface area (Å²) in [6, 6.07) is 0. The average molecular weight is 349 g/mol. The molecule has 3 rings (SSSR count). The van der Waals surface area contributed by atoms with Gasteiger partial charge < -0.3 is 15.5 Å². The summed E-state index contributed by atoms with van der Waals surface area (Å²) in [6.45, 7) is 1.55. The van der Waals surface area contributed by atoms with Gasteiger partial charge in [-0.25, -0.2) is 9.97 Å². The maximum atomic E-state index is 12.0. The molecule has 0 aliphatic carbocycles. The molecule has 0 spiro atoms. The van der Waals surface area contributed by atoms with Crippen LogP contribution in [0, 0.1) is 0 Å². The number of likely N-dealkylation sites (tertiary alicyclic amines) is 1. The Morgan fingerprint density at radius 1 is 1.46 bits per heavy atom. The van der Waals surface area contributed by atoms with Gasteiger partial charge in [-0.3, -0.25) is 14.7 Å². The van der Waals surface area contributed by atoms with E-state index in [0.717, 1.165) is 5.69 Å². The van der Waals surface area contributed by atoms with E-state index in [1.54, 1.807) is 5.51 Å². The van der Waals surface area contributed by atoms with Gasteiger partial charge in [-0.2, -0.15) is 0 Å². The van der Waals surface area contributed by atoms with Crippen LogP contribution in [-0.4, -0.2) is 67.3 Å². The number of rotatable bonds is 5. The molecule has 1 saturated heterocycles. The highest BCUT2D eigenvalue weighted by Gasteiger charge is 2.40. The van der Waals surface area contributed by atoms with Crippen LogP contribution in [0.25, 0.3) is 0 Å². The number of hydrogen-bond acceptors (Lipinski definition) is 8. The van der Waals surface area contributed by atoms with Crippen LogP contribution in [0.15, 0.2) is 29.5 Å². The zero-order chi connectivity index (χ0) is 17.0. The van der Waals surface area contributed by atoms with Gasteiger partial charge in [0.1, 0.15) is 11.3 Å². The second-order valence-corrected chi connectivity index (χ2v) is 6.58. The SMILES string of the molecule is O=C(NC[C@]1(O)CCN(Cc2cscn2)C[C@H]1O)c1cnccn1.